The first-order valence-electron chi connectivity index (χ1n) is 4.91. The van der Waals surface area contributed by atoms with Crippen LogP contribution in [0.1, 0.15) is 25.5 Å². The molecule has 0 bridgehead atoms. The van der Waals surface area contributed by atoms with Crippen molar-refractivity contribution in [1.29, 1.82) is 0 Å². The van der Waals surface area contributed by atoms with Gasteiger partial charge in [0.15, 0.2) is 0 Å². The third-order valence-corrected chi connectivity index (χ3v) is 3.11. The average molecular weight is 287 g/mol. The van der Waals surface area contributed by atoms with Gasteiger partial charge in [-0.2, -0.15) is 0 Å². The second-order valence-electron chi connectivity index (χ2n) is 4.17. The minimum atomic E-state index is -0.956. The fourth-order valence-electron chi connectivity index (χ4n) is 1.44. The molecule has 0 aromatic heterocycles. The molecule has 0 spiro atoms. The Morgan fingerprint density at radius 2 is 1.88 bits per heavy atom. The maximum atomic E-state index is 11.5. The fourth-order valence-corrected chi connectivity index (χ4v) is 1.70. The summed E-state index contributed by atoms with van der Waals surface area (Å²) in [6.07, 6.45) is -0.881. The molecule has 4 heteroatoms. The molecule has 1 atom stereocenters. The summed E-state index contributed by atoms with van der Waals surface area (Å²) in [6.45, 7) is 3.32. The Balaban J connectivity index is 2.97. The molecule has 0 fully saturated rings. The number of carbonyl (C=O) groups excluding carboxylic acids is 1. The smallest absolute Gasteiger partial charge is 0.314 e. The van der Waals surface area contributed by atoms with E-state index < -0.39 is 17.5 Å². The number of ether oxygens (including phenoxy) is 1. The van der Waals surface area contributed by atoms with Gasteiger partial charge < -0.3 is 9.84 Å². The molecule has 0 amide bonds. The minimum Gasteiger partial charge on any atom is -0.469 e. The normalized spacial score (nSPS) is 13.3. The highest BCUT2D eigenvalue weighted by molar-refractivity contribution is 9.10. The third kappa shape index (κ3) is 2.62. The van der Waals surface area contributed by atoms with Gasteiger partial charge in [-0.05, 0) is 31.5 Å². The summed E-state index contributed by atoms with van der Waals surface area (Å²) in [6, 6.07) is 7.21. The molecule has 0 aliphatic heterocycles. The molecule has 1 rings (SSSR count). The molecule has 16 heavy (non-hydrogen) atoms. The van der Waals surface area contributed by atoms with Crippen LogP contribution in [-0.2, 0) is 9.53 Å². The molecule has 1 aromatic rings. The first kappa shape index (κ1) is 13.2. The van der Waals surface area contributed by atoms with Crippen LogP contribution in [0.5, 0.6) is 0 Å². The van der Waals surface area contributed by atoms with E-state index in [0.29, 0.717) is 5.56 Å². The molecule has 0 aliphatic carbocycles. The van der Waals surface area contributed by atoms with E-state index in [9.17, 15) is 9.90 Å². The maximum Gasteiger partial charge on any atom is 0.314 e. The van der Waals surface area contributed by atoms with Crippen LogP contribution in [0.15, 0.2) is 28.7 Å². The number of esters is 1. The van der Waals surface area contributed by atoms with Crippen LogP contribution in [0, 0.1) is 5.41 Å². The molecular formula is C12H15BrO3. The Morgan fingerprint density at radius 3 is 2.31 bits per heavy atom. The second-order valence-corrected chi connectivity index (χ2v) is 5.08. The zero-order valence-electron chi connectivity index (χ0n) is 9.53. The molecule has 0 saturated heterocycles. The monoisotopic (exact) mass is 286 g/mol. The van der Waals surface area contributed by atoms with E-state index >= 15 is 0 Å². The number of hydrogen-bond donors (Lipinski definition) is 1. The first-order valence-corrected chi connectivity index (χ1v) is 5.71. The highest BCUT2D eigenvalue weighted by Crippen LogP contribution is 2.34. The van der Waals surface area contributed by atoms with Crippen molar-refractivity contribution in [3.63, 3.8) is 0 Å². The molecule has 0 aliphatic rings. The number of halogens is 1. The van der Waals surface area contributed by atoms with Gasteiger partial charge in [-0.3, -0.25) is 4.79 Å². The molecule has 0 heterocycles. The Labute approximate surface area is 104 Å². The average Bonchev–Trinajstić information content (AvgIpc) is 2.28. The fraction of sp³-hybridized carbons (Fsp3) is 0.417. The minimum absolute atomic E-state index is 0.428. The van der Waals surface area contributed by atoms with Gasteiger partial charge in [-0.15, -0.1) is 0 Å². The van der Waals surface area contributed by atoms with Gasteiger partial charge in [0.1, 0.15) is 0 Å². The quantitative estimate of drug-likeness (QED) is 0.869. The number of carbonyl (C=O) groups is 1. The van der Waals surface area contributed by atoms with Crippen molar-refractivity contribution in [1.82, 2.24) is 0 Å². The van der Waals surface area contributed by atoms with E-state index in [2.05, 4.69) is 20.7 Å². The zero-order chi connectivity index (χ0) is 12.3. The van der Waals surface area contributed by atoms with Gasteiger partial charge in [-0.1, -0.05) is 28.1 Å². The molecule has 0 radical (unpaired) electrons. The Bertz CT molecular complexity index is 370. The van der Waals surface area contributed by atoms with Crippen LogP contribution >= 0.6 is 15.9 Å². The van der Waals surface area contributed by atoms with Crippen molar-refractivity contribution < 1.29 is 14.6 Å². The van der Waals surface area contributed by atoms with Crippen molar-refractivity contribution in [2.24, 2.45) is 5.41 Å². The van der Waals surface area contributed by atoms with E-state index in [0.717, 1.165) is 4.47 Å². The van der Waals surface area contributed by atoms with Crippen molar-refractivity contribution in [3.05, 3.63) is 34.3 Å². The Kier molecular flexibility index (Phi) is 4.10. The molecule has 1 aromatic carbocycles. The second kappa shape index (κ2) is 4.97. The van der Waals surface area contributed by atoms with Crippen LogP contribution in [0.4, 0.5) is 0 Å². The van der Waals surface area contributed by atoms with Gasteiger partial charge in [0.25, 0.3) is 0 Å². The summed E-state index contributed by atoms with van der Waals surface area (Å²) >= 11 is 3.31. The molecule has 1 unspecified atom stereocenters. The number of aliphatic hydroxyl groups excluding tert-OH is 1. The Hall–Kier alpha value is -0.870. The third-order valence-electron chi connectivity index (χ3n) is 2.58. The molecule has 88 valence electrons. The predicted molar refractivity (Wildman–Crippen MR) is 64.9 cm³/mol. The first-order chi connectivity index (χ1) is 7.39. The van der Waals surface area contributed by atoms with Crippen molar-refractivity contribution in [3.8, 4) is 0 Å². The van der Waals surface area contributed by atoms with Crippen LogP contribution in [0.2, 0.25) is 0 Å². The van der Waals surface area contributed by atoms with Gasteiger partial charge in [0.2, 0.25) is 0 Å². The van der Waals surface area contributed by atoms with Gasteiger partial charge in [-0.25, -0.2) is 0 Å². The lowest BCUT2D eigenvalue weighted by Crippen LogP contribution is -2.32. The Morgan fingerprint density at radius 1 is 1.38 bits per heavy atom. The SMILES string of the molecule is COC(=O)C(C)(C)C(O)c1ccc(Br)cc1. The van der Waals surface area contributed by atoms with Crippen LogP contribution < -0.4 is 0 Å². The maximum absolute atomic E-state index is 11.5. The highest BCUT2D eigenvalue weighted by atomic mass is 79.9. The van der Waals surface area contributed by atoms with E-state index in [1.807, 2.05) is 12.1 Å². The summed E-state index contributed by atoms with van der Waals surface area (Å²) in [5.74, 6) is -0.428. The van der Waals surface area contributed by atoms with Gasteiger partial charge >= 0.3 is 5.97 Å². The molecule has 3 nitrogen and oxygen atoms in total. The molecule has 1 N–H and O–H groups in total. The lowest BCUT2D eigenvalue weighted by atomic mass is 9.83. The lowest BCUT2D eigenvalue weighted by molar-refractivity contribution is -0.157. The topological polar surface area (TPSA) is 46.5 Å². The standard InChI is InChI=1S/C12H15BrO3/c1-12(2,11(15)16-3)10(14)8-4-6-9(13)7-5-8/h4-7,10,14H,1-3H3. The van der Waals surface area contributed by atoms with Crippen LogP contribution in [0.25, 0.3) is 0 Å². The summed E-state index contributed by atoms with van der Waals surface area (Å²) in [5, 5.41) is 10.1. The van der Waals surface area contributed by atoms with Crippen LogP contribution in [0.3, 0.4) is 0 Å². The zero-order valence-corrected chi connectivity index (χ0v) is 11.1. The summed E-state index contributed by atoms with van der Waals surface area (Å²) in [4.78, 5) is 11.5. The van der Waals surface area contributed by atoms with Gasteiger partial charge in [0, 0.05) is 4.47 Å². The van der Waals surface area contributed by atoms with Crippen molar-refractivity contribution in [2.75, 3.05) is 7.11 Å². The van der Waals surface area contributed by atoms with Gasteiger partial charge in [0.05, 0.1) is 18.6 Å². The lowest BCUT2D eigenvalue weighted by Gasteiger charge is -2.27. The molecular weight excluding hydrogens is 272 g/mol. The number of hydrogen-bond acceptors (Lipinski definition) is 3. The summed E-state index contributed by atoms with van der Waals surface area (Å²) in [7, 11) is 1.32. The van der Waals surface area contributed by atoms with E-state index in [1.54, 1.807) is 26.0 Å². The number of methoxy groups -OCH3 is 1. The predicted octanol–water partition coefficient (Wildman–Crippen LogP) is 2.68. The molecule has 0 saturated carbocycles. The number of benzene rings is 1. The number of aliphatic hydroxyl groups is 1. The summed E-state index contributed by atoms with van der Waals surface area (Å²) < 4.78 is 5.60. The van der Waals surface area contributed by atoms with E-state index in [1.165, 1.54) is 7.11 Å². The number of rotatable bonds is 3. The summed E-state index contributed by atoms with van der Waals surface area (Å²) in [5.41, 5.74) is -0.263. The highest BCUT2D eigenvalue weighted by Gasteiger charge is 2.37. The van der Waals surface area contributed by atoms with Crippen molar-refractivity contribution >= 4 is 21.9 Å². The van der Waals surface area contributed by atoms with Crippen molar-refractivity contribution in [2.45, 2.75) is 20.0 Å². The largest absolute Gasteiger partial charge is 0.469 e. The van der Waals surface area contributed by atoms with Crippen LogP contribution in [-0.4, -0.2) is 18.2 Å². The van der Waals surface area contributed by atoms with E-state index in [4.69, 9.17) is 0 Å². The van der Waals surface area contributed by atoms with E-state index in [-0.39, 0.29) is 0 Å².